The maximum atomic E-state index is 12.2. The van der Waals surface area contributed by atoms with Crippen molar-refractivity contribution >= 4 is 12.0 Å². The van der Waals surface area contributed by atoms with Crippen LogP contribution in [0.2, 0.25) is 0 Å². The fourth-order valence-electron chi connectivity index (χ4n) is 2.65. The molecule has 2 atom stereocenters. The molecular formula is C19H18O7. The molecule has 0 radical (unpaired) electrons. The number of phenols is 2. The lowest BCUT2D eigenvalue weighted by atomic mass is 10.0. The van der Waals surface area contributed by atoms with E-state index in [2.05, 4.69) is 0 Å². The number of ether oxygens (including phenoxy) is 3. The molecule has 26 heavy (non-hydrogen) atoms. The Kier molecular flexibility index (Phi) is 4.99. The number of aliphatic hydroxyl groups excluding tert-OH is 1. The number of esters is 1. The molecule has 3 rings (SSSR count). The van der Waals surface area contributed by atoms with Gasteiger partial charge in [0.25, 0.3) is 0 Å². The van der Waals surface area contributed by atoms with Crippen LogP contribution < -0.4 is 9.47 Å². The van der Waals surface area contributed by atoms with Crippen molar-refractivity contribution in [3.63, 3.8) is 0 Å². The van der Waals surface area contributed by atoms with Gasteiger partial charge in [0, 0.05) is 5.56 Å². The highest BCUT2D eigenvalue weighted by atomic mass is 16.6. The fourth-order valence-corrected chi connectivity index (χ4v) is 2.65. The average molecular weight is 358 g/mol. The van der Waals surface area contributed by atoms with Gasteiger partial charge in [-0.1, -0.05) is 24.3 Å². The predicted octanol–water partition coefficient (Wildman–Crippen LogP) is 2.16. The van der Waals surface area contributed by atoms with Gasteiger partial charge in [-0.2, -0.15) is 0 Å². The molecule has 0 aromatic heterocycles. The van der Waals surface area contributed by atoms with Crippen molar-refractivity contribution in [3.8, 4) is 23.0 Å². The molecule has 7 nitrogen and oxygen atoms in total. The average Bonchev–Trinajstić information content (AvgIpc) is 2.66. The monoisotopic (exact) mass is 358 g/mol. The van der Waals surface area contributed by atoms with Gasteiger partial charge in [-0.15, -0.1) is 0 Å². The third-order valence-corrected chi connectivity index (χ3v) is 3.93. The minimum atomic E-state index is -1.09. The van der Waals surface area contributed by atoms with Crippen LogP contribution in [0.5, 0.6) is 23.0 Å². The molecule has 0 amide bonds. The molecule has 1 heterocycles. The van der Waals surface area contributed by atoms with Crippen LogP contribution in [0.25, 0.3) is 6.08 Å². The largest absolute Gasteiger partial charge is 0.504 e. The summed E-state index contributed by atoms with van der Waals surface area (Å²) in [6, 6.07) is 9.29. The van der Waals surface area contributed by atoms with E-state index in [-0.39, 0.29) is 18.1 Å². The van der Waals surface area contributed by atoms with Crippen molar-refractivity contribution in [2.24, 2.45) is 0 Å². The smallest absolute Gasteiger partial charge is 0.351 e. The van der Waals surface area contributed by atoms with Crippen molar-refractivity contribution < 1.29 is 34.3 Å². The van der Waals surface area contributed by atoms with E-state index in [0.29, 0.717) is 17.1 Å². The standard InChI is InChI=1S/C19H18O7/c1-24-19(23)18-17(12-5-6-13(21)14(22)10-12)25-15-7-4-11(3-2-8-20)9-16(15)26-18/h2-7,9-10,17-18,20-22H,8H2,1H3/b3-2+/t17-,18+/m0/s1. The zero-order valence-electron chi connectivity index (χ0n) is 14.0. The van der Waals surface area contributed by atoms with E-state index in [1.54, 1.807) is 30.4 Å². The number of methoxy groups -OCH3 is 1. The van der Waals surface area contributed by atoms with E-state index in [1.165, 1.54) is 25.3 Å². The summed E-state index contributed by atoms with van der Waals surface area (Å²) < 4.78 is 16.5. The Bertz CT molecular complexity index is 844. The number of phenolic OH excluding ortho intramolecular Hbond substituents is 2. The van der Waals surface area contributed by atoms with Crippen LogP contribution >= 0.6 is 0 Å². The van der Waals surface area contributed by atoms with Gasteiger partial charge in [-0.05, 0) is 29.8 Å². The fraction of sp³-hybridized carbons (Fsp3) is 0.211. The van der Waals surface area contributed by atoms with Crippen LogP contribution in [-0.4, -0.2) is 41.1 Å². The van der Waals surface area contributed by atoms with Gasteiger partial charge in [0.2, 0.25) is 6.10 Å². The Morgan fingerprint density at radius 1 is 1.12 bits per heavy atom. The second-order valence-corrected chi connectivity index (χ2v) is 5.64. The van der Waals surface area contributed by atoms with Crippen LogP contribution in [0.15, 0.2) is 42.5 Å². The summed E-state index contributed by atoms with van der Waals surface area (Å²) in [6.45, 7) is -0.0916. The van der Waals surface area contributed by atoms with Gasteiger partial charge in [0.15, 0.2) is 29.1 Å². The van der Waals surface area contributed by atoms with Gasteiger partial charge in [0.05, 0.1) is 13.7 Å². The number of carbonyl (C=O) groups is 1. The van der Waals surface area contributed by atoms with Gasteiger partial charge >= 0.3 is 5.97 Å². The highest BCUT2D eigenvalue weighted by Crippen LogP contribution is 2.42. The molecule has 136 valence electrons. The van der Waals surface area contributed by atoms with Crippen LogP contribution in [0, 0.1) is 0 Å². The SMILES string of the molecule is COC(=O)[C@@H]1Oc2cc(/C=C/CO)ccc2O[C@H]1c1ccc(O)c(O)c1. The third kappa shape index (κ3) is 3.43. The molecule has 7 heteroatoms. The van der Waals surface area contributed by atoms with Crippen molar-refractivity contribution in [2.75, 3.05) is 13.7 Å². The van der Waals surface area contributed by atoms with Gasteiger partial charge in [-0.3, -0.25) is 0 Å². The molecule has 3 N–H and O–H groups in total. The minimum absolute atomic E-state index is 0.0916. The number of aromatic hydroxyl groups is 2. The molecule has 1 aliphatic heterocycles. The second kappa shape index (κ2) is 7.37. The zero-order valence-corrected chi connectivity index (χ0v) is 14.0. The highest BCUT2D eigenvalue weighted by Gasteiger charge is 2.39. The van der Waals surface area contributed by atoms with E-state index in [9.17, 15) is 15.0 Å². The van der Waals surface area contributed by atoms with E-state index >= 15 is 0 Å². The van der Waals surface area contributed by atoms with E-state index < -0.39 is 18.2 Å². The normalized spacial score (nSPS) is 18.7. The zero-order chi connectivity index (χ0) is 18.7. The summed E-state index contributed by atoms with van der Waals surface area (Å²) in [6.07, 6.45) is 1.33. The van der Waals surface area contributed by atoms with Gasteiger partial charge in [-0.25, -0.2) is 4.79 Å². The van der Waals surface area contributed by atoms with E-state index in [4.69, 9.17) is 19.3 Å². The Labute approximate surface area is 149 Å². The molecule has 2 aromatic rings. The molecule has 2 aromatic carbocycles. The maximum Gasteiger partial charge on any atom is 0.351 e. The first-order chi connectivity index (χ1) is 12.5. The van der Waals surface area contributed by atoms with Crippen LogP contribution in [-0.2, 0) is 9.53 Å². The number of aliphatic hydroxyl groups is 1. The Balaban J connectivity index is 1.98. The van der Waals surface area contributed by atoms with E-state index in [1.807, 2.05) is 0 Å². The Morgan fingerprint density at radius 2 is 1.92 bits per heavy atom. The molecule has 1 aliphatic rings. The number of rotatable bonds is 4. The maximum absolute atomic E-state index is 12.2. The third-order valence-electron chi connectivity index (χ3n) is 3.93. The minimum Gasteiger partial charge on any atom is -0.504 e. The number of benzene rings is 2. The number of fused-ring (bicyclic) bond motifs is 1. The topological polar surface area (TPSA) is 105 Å². The molecule has 0 saturated carbocycles. The molecule has 0 spiro atoms. The summed E-state index contributed by atoms with van der Waals surface area (Å²) >= 11 is 0. The highest BCUT2D eigenvalue weighted by molar-refractivity contribution is 5.77. The lowest BCUT2D eigenvalue weighted by molar-refractivity contribution is -0.155. The van der Waals surface area contributed by atoms with Gasteiger partial charge in [0.1, 0.15) is 0 Å². The number of carbonyl (C=O) groups excluding carboxylic acids is 1. The quantitative estimate of drug-likeness (QED) is 0.568. The Hall–Kier alpha value is -3.19. The van der Waals surface area contributed by atoms with E-state index in [0.717, 1.165) is 5.56 Å². The summed E-state index contributed by atoms with van der Waals surface area (Å²) in [4.78, 5) is 12.2. The first-order valence-electron chi connectivity index (χ1n) is 7.88. The molecule has 0 fully saturated rings. The molecule has 0 bridgehead atoms. The van der Waals surface area contributed by atoms with Gasteiger partial charge < -0.3 is 29.5 Å². The van der Waals surface area contributed by atoms with Crippen molar-refractivity contribution in [2.45, 2.75) is 12.2 Å². The second-order valence-electron chi connectivity index (χ2n) is 5.64. The number of hydrogen-bond donors (Lipinski definition) is 3. The van der Waals surface area contributed by atoms with Crippen molar-refractivity contribution in [1.82, 2.24) is 0 Å². The molecule has 0 saturated heterocycles. The number of hydrogen-bond acceptors (Lipinski definition) is 7. The summed E-state index contributed by atoms with van der Waals surface area (Å²) in [5, 5.41) is 28.1. The summed E-state index contributed by atoms with van der Waals surface area (Å²) in [7, 11) is 1.24. The predicted molar refractivity (Wildman–Crippen MR) is 92.1 cm³/mol. The molecular weight excluding hydrogens is 340 g/mol. The lowest BCUT2D eigenvalue weighted by Gasteiger charge is -2.32. The summed E-state index contributed by atoms with van der Waals surface area (Å²) in [5.74, 6) is -0.459. The van der Waals surface area contributed by atoms with Crippen LogP contribution in [0.4, 0.5) is 0 Å². The Morgan fingerprint density at radius 3 is 2.62 bits per heavy atom. The first kappa shape index (κ1) is 17.6. The van der Waals surface area contributed by atoms with Crippen LogP contribution in [0.3, 0.4) is 0 Å². The molecule has 0 aliphatic carbocycles. The van der Waals surface area contributed by atoms with Crippen LogP contribution in [0.1, 0.15) is 17.2 Å². The first-order valence-corrected chi connectivity index (χ1v) is 7.88. The van der Waals surface area contributed by atoms with Crippen molar-refractivity contribution in [1.29, 1.82) is 0 Å². The van der Waals surface area contributed by atoms with Crippen molar-refractivity contribution in [3.05, 3.63) is 53.6 Å². The molecule has 0 unspecified atom stereocenters. The summed E-state index contributed by atoms with van der Waals surface area (Å²) in [5.41, 5.74) is 1.22. The lowest BCUT2D eigenvalue weighted by Crippen LogP contribution is -2.40.